The SMILES string of the molecule is COC(=O)c1cnc(N2C[C@@H](C)N(C(=O)OC(C)(C)C)[C@@H](C)C2)c2cccnc12. The van der Waals surface area contributed by atoms with Crippen molar-refractivity contribution in [2.24, 2.45) is 0 Å². The summed E-state index contributed by atoms with van der Waals surface area (Å²) >= 11 is 0. The molecule has 2 aromatic rings. The summed E-state index contributed by atoms with van der Waals surface area (Å²) in [6.07, 6.45) is 2.84. The molecule has 0 aliphatic carbocycles. The van der Waals surface area contributed by atoms with Crippen molar-refractivity contribution in [3.8, 4) is 0 Å². The van der Waals surface area contributed by atoms with E-state index in [4.69, 9.17) is 9.47 Å². The van der Waals surface area contributed by atoms with Crippen LogP contribution < -0.4 is 4.90 Å². The zero-order chi connectivity index (χ0) is 21.3. The van der Waals surface area contributed by atoms with E-state index in [1.54, 1.807) is 11.1 Å². The van der Waals surface area contributed by atoms with E-state index in [2.05, 4.69) is 14.9 Å². The Bertz CT molecular complexity index is 913. The normalized spacial score (nSPS) is 19.9. The van der Waals surface area contributed by atoms with Crippen LogP contribution in [0.1, 0.15) is 45.0 Å². The van der Waals surface area contributed by atoms with Gasteiger partial charge in [-0.2, -0.15) is 0 Å². The van der Waals surface area contributed by atoms with Gasteiger partial charge in [-0.05, 0) is 46.8 Å². The van der Waals surface area contributed by atoms with Crippen molar-refractivity contribution < 1.29 is 19.1 Å². The molecule has 8 heteroatoms. The molecule has 156 valence electrons. The number of methoxy groups -OCH3 is 1. The first-order valence-corrected chi connectivity index (χ1v) is 9.70. The quantitative estimate of drug-likeness (QED) is 0.715. The highest BCUT2D eigenvalue weighted by Crippen LogP contribution is 2.29. The Labute approximate surface area is 170 Å². The molecular weight excluding hydrogens is 372 g/mol. The average molecular weight is 400 g/mol. The van der Waals surface area contributed by atoms with Gasteiger partial charge in [0.15, 0.2) is 0 Å². The van der Waals surface area contributed by atoms with E-state index in [9.17, 15) is 9.59 Å². The first kappa shape index (κ1) is 20.8. The number of piperazine rings is 1. The topological polar surface area (TPSA) is 84.9 Å². The van der Waals surface area contributed by atoms with E-state index < -0.39 is 11.6 Å². The third-order valence-electron chi connectivity index (χ3n) is 4.85. The molecule has 0 aromatic carbocycles. The lowest BCUT2D eigenvalue weighted by molar-refractivity contribution is 0.00560. The van der Waals surface area contributed by atoms with Crippen LogP contribution in [0.25, 0.3) is 10.9 Å². The van der Waals surface area contributed by atoms with Gasteiger partial charge in [-0.3, -0.25) is 9.88 Å². The van der Waals surface area contributed by atoms with Crippen molar-refractivity contribution in [1.29, 1.82) is 0 Å². The third kappa shape index (κ3) is 4.26. The van der Waals surface area contributed by atoms with Gasteiger partial charge in [-0.15, -0.1) is 0 Å². The molecule has 2 aromatic heterocycles. The number of ether oxygens (including phenoxy) is 2. The Morgan fingerprint density at radius 2 is 1.79 bits per heavy atom. The Morgan fingerprint density at radius 1 is 1.14 bits per heavy atom. The van der Waals surface area contributed by atoms with Gasteiger partial charge < -0.3 is 14.4 Å². The van der Waals surface area contributed by atoms with Crippen molar-refractivity contribution in [3.63, 3.8) is 0 Å². The number of esters is 1. The molecule has 0 N–H and O–H groups in total. The maximum Gasteiger partial charge on any atom is 0.410 e. The number of carbonyl (C=O) groups excluding carboxylic acids is 2. The fraction of sp³-hybridized carbons (Fsp3) is 0.524. The molecule has 8 nitrogen and oxygen atoms in total. The lowest BCUT2D eigenvalue weighted by Gasteiger charge is -2.45. The molecule has 1 aliphatic rings. The minimum atomic E-state index is -0.541. The minimum Gasteiger partial charge on any atom is -0.465 e. The number of hydrogen-bond acceptors (Lipinski definition) is 7. The fourth-order valence-electron chi connectivity index (χ4n) is 3.74. The van der Waals surface area contributed by atoms with Gasteiger partial charge >= 0.3 is 12.1 Å². The second-order valence-electron chi connectivity index (χ2n) is 8.38. The number of pyridine rings is 2. The van der Waals surface area contributed by atoms with Crippen molar-refractivity contribution >= 4 is 28.8 Å². The highest BCUT2D eigenvalue weighted by atomic mass is 16.6. The summed E-state index contributed by atoms with van der Waals surface area (Å²) in [6, 6.07) is 3.58. The molecule has 1 fully saturated rings. The van der Waals surface area contributed by atoms with Crippen molar-refractivity contribution in [2.75, 3.05) is 25.1 Å². The monoisotopic (exact) mass is 400 g/mol. The summed E-state index contributed by atoms with van der Waals surface area (Å²) in [5, 5.41) is 0.778. The summed E-state index contributed by atoms with van der Waals surface area (Å²) in [4.78, 5) is 37.6. The highest BCUT2D eigenvalue weighted by Gasteiger charge is 2.36. The predicted molar refractivity (Wildman–Crippen MR) is 110 cm³/mol. The first-order valence-electron chi connectivity index (χ1n) is 9.70. The zero-order valence-corrected chi connectivity index (χ0v) is 17.8. The molecular formula is C21H28N4O4. The summed E-state index contributed by atoms with van der Waals surface area (Å²) in [5.41, 5.74) is 0.348. The number of nitrogens with zero attached hydrogens (tertiary/aromatic N) is 4. The Kier molecular flexibility index (Phi) is 5.64. The molecule has 0 saturated carbocycles. The van der Waals surface area contributed by atoms with Crippen LogP contribution >= 0.6 is 0 Å². The predicted octanol–water partition coefficient (Wildman–Crippen LogP) is 3.25. The van der Waals surface area contributed by atoms with Crippen LogP contribution in [-0.2, 0) is 9.47 Å². The molecule has 0 spiro atoms. The van der Waals surface area contributed by atoms with E-state index in [1.165, 1.54) is 13.3 Å². The second kappa shape index (κ2) is 7.85. The van der Waals surface area contributed by atoms with Gasteiger partial charge in [0.05, 0.1) is 24.7 Å². The lowest BCUT2D eigenvalue weighted by atomic mass is 10.1. The molecule has 3 rings (SSSR count). The number of fused-ring (bicyclic) bond motifs is 1. The highest BCUT2D eigenvalue weighted by molar-refractivity contribution is 6.05. The van der Waals surface area contributed by atoms with Crippen LogP contribution in [0.15, 0.2) is 24.5 Å². The number of amides is 1. The Morgan fingerprint density at radius 3 is 2.38 bits per heavy atom. The third-order valence-corrected chi connectivity index (χ3v) is 4.85. The van der Waals surface area contributed by atoms with Crippen molar-refractivity contribution in [3.05, 3.63) is 30.1 Å². The van der Waals surface area contributed by atoms with Crippen LogP contribution in [0, 0.1) is 0 Å². The zero-order valence-electron chi connectivity index (χ0n) is 17.8. The lowest BCUT2D eigenvalue weighted by Crippen LogP contribution is -2.59. The molecule has 0 unspecified atom stereocenters. The van der Waals surface area contributed by atoms with E-state index in [1.807, 2.05) is 46.8 Å². The molecule has 1 amide bonds. The Balaban J connectivity index is 1.91. The minimum absolute atomic E-state index is 0.0672. The molecule has 0 radical (unpaired) electrons. The Hall–Kier alpha value is -2.90. The van der Waals surface area contributed by atoms with Gasteiger partial charge in [0.2, 0.25) is 0 Å². The van der Waals surface area contributed by atoms with Crippen LogP contribution in [-0.4, -0.2) is 64.8 Å². The number of anilines is 1. The largest absolute Gasteiger partial charge is 0.465 e. The molecule has 3 heterocycles. The van der Waals surface area contributed by atoms with Gasteiger partial charge in [0, 0.05) is 30.9 Å². The van der Waals surface area contributed by atoms with Crippen molar-refractivity contribution in [2.45, 2.75) is 52.3 Å². The smallest absolute Gasteiger partial charge is 0.410 e. The van der Waals surface area contributed by atoms with Gasteiger partial charge in [-0.25, -0.2) is 14.6 Å². The fourth-order valence-corrected chi connectivity index (χ4v) is 3.74. The standard InChI is InChI=1S/C21H28N4O4/c1-13-11-24(12-14(2)25(13)20(27)29-21(3,4)5)18-15-8-7-9-22-17(15)16(10-23-18)19(26)28-6/h7-10,13-14H,11-12H2,1-6H3/t13-,14+. The van der Waals surface area contributed by atoms with E-state index >= 15 is 0 Å². The molecule has 1 saturated heterocycles. The number of aromatic nitrogens is 2. The second-order valence-corrected chi connectivity index (χ2v) is 8.38. The van der Waals surface area contributed by atoms with Gasteiger partial charge in [0.25, 0.3) is 0 Å². The maximum atomic E-state index is 12.7. The van der Waals surface area contributed by atoms with Gasteiger partial charge in [0.1, 0.15) is 17.0 Å². The van der Waals surface area contributed by atoms with E-state index in [0.717, 1.165) is 11.2 Å². The number of carbonyl (C=O) groups is 2. The molecule has 0 bridgehead atoms. The molecule has 1 aliphatic heterocycles. The summed E-state index contributed by atoms with van der Waals surface area (Å²) in [6.45, 7) is 10.8. The average Bonchev–Trinajstić information content (AvgIpc) is 2.64. The van der Waals surface area contributed by atoms with Crippen molar-refractivity contribution in [1.82, 2.24) is 14.9 Å². The summed E-state index contributed by atoms with van der Waals surface area (Å²) in [5.74, 6) is 0.271. The van der Waals surface area contributed by atoms with E-state index in [-0.39, 0.29) is 18.2 Å². The van der Waals surface area contributed by atoms with Crippen LogP contribution in [0.2, 0.25) is 0 Å². The van der Waals surface area contributed by atoms with Crippen LogP contribution in [0.3, 0.4) is 0 Å². The maximum absolute atomic E-state index is 12.7. The number of rotatable bonds is 2. The van der Waals surface area contributed by atoms with Crippen LogP contribution in [0.5, 0.6) is 0 Å². The molecule has 2 atom stereocenters. The van der Waals surface area contributed by atoms with Crippen LogP contribution in [0.4, 0.5) is 10.6 Å². The van der Waals surface area contributed by atoms with Gasteiger partial charge in [-0.1, -0.05) is 0 Å². The molecule has 29 heavy (non-hydrogen) atoms. The first-order chi connectivity index (χ1) is 13.6. The van der Waals surface area contributed by atoms with E-state index in [0.29, 0.717) is 24.2 Å². The number of hydrogen-bond donors (Lipinski definition) is 0. The summed E-state index contributed by atoms with van der Waals surface area (Å²) < 4.78 is 10.4. The summed E-state index contributed by atoms with van der Waals surface area (Å²) in [7, 11) is 1.34.